The van der Waals surface area contributed by atoms with Crippen molar-refractivity contribution in [1.82, 2.24) is 0 Å². The maximum atomic E-state index is 11.2. The molecule has 19 heavy (non-hydrogen) atoms. The van der Waals surface area contributed by atoms with Gasteiger partial charge in [0.1, 0.15) is 0 Å². The van der Waals surface area contributed by atoms with Crippen LogP contribution in [0.5, 0.6) is 0 Å². The van der Waals surface area contributed by atoms with E-state index in [1.165, 1.54) is 0 Å². The molecule has 0 radical (unpaired) electrons. The first-order valence-electron chi connectivity index (χ1n) is 6.25. The second-order valence-electron chi connectivity index (χ2n) is 5.86. The lowest BCUT2D eigenvalue weighted by Crippen LogP contribution is -2.41. The monoisotopic (exact) mass is 263 g/mol. The van der Waals surface area contributed by atoms with Crippen molar-refractivity contribution in [3.05, 3.63) is 33.9 Å². The summed E-state index contributed by atoms with van der Waals surface area (Å²) < 4.78 is 11.7. The third-order valence-electron chi connectivity index (χ3n) is 3.96. The van der Waals surface area contributed by atoms with E-state index in [0.717, 1.165) is 0 Å². The molecule has 1 aliphatic rings. The molecule has 1 saturated heterocycles. The number of nitro benzene ring substituents is 1. The summed E-state index contributed by atoms with van der Waals surface area (Å²) in [7, 11) is -0.703. The van der Waals surface area contributed by atoms with E-state index >= 15 is 0 Å². The minimum absolute atomic E-state index is 0.0704. The van der Waals surface area contributed by atoms with Crippen molar-refractivity contribution in [2.45, 2.75) is 45.8 Å². The minimum Gasteiger partial charge on any atom is -0.399 e. The van der Waals surface area contributed by atoms with Gasteiger partial charge >= 0.3 is 7.12 Å². The molecule has 6 heteroatoms. The molecule has 0 saturated carbocycles. The fourth-order valence-electron chi connectivity index (χ4n) is 2.09. The van der Waals surface area contributed by atoms with Gasteiger partial charge in [-0.1, -0.05) is 18.2 Å². The van der Waals surface area contributed by atoms with E-state index in [1.807, 2.05) is 27.7 Å². The molecule has 1 aromatic rings. The predicted octanol–water partition coefficient (Wildman–Crippen LogP) is 2.20. The number of para-hydroxylation sites is 1. The molecule has 1 heterocycles. The molecule has 0 amide bonds. The second-order valence-corrected chi connectivity index (χ2v) is 5.86. The van der Waals surface area contributed by atoms with Gasteiger partial charge in [-0.05, 0) is 34.6 Å². The number of hydrogen-bond donors (Lipinski definition) is 0. The van der Waals surface area contributed by atoms with Gasteiger partial charge in [0.15, 0.2) is 0 Å². The van der Waals surface area contributed by atoms with Gasteiger partial charge in [-0.3, -0.25) is 10.1 Å². The van der Waals surface area contributed by atoms with Crippen LogP contribution in [0, 0.1) is 17.0 Å². The molecule has 0 spiro atoms. The first-order chi connectivity index (χ1) is 8.66. The summed E-state index contributed by atoms with van der Waals surface area (Å²) in [6.07, 6.45) is 0. The van der Waals surface area contributed by atoms with Crippen LogP contribution < -0.4 is 5.46 Å². The van der Waals surface area contributed by atoms with Crippen molar-refractivity contribution >= 4 is 18.3 Å². The number of rotatable bonds is 2. The number of benzene rings is 1. The Labute approximate surface area is 113 Å². The van der Waals surface area contributed by atoms with E-state index in [4.69, 9.17) is 9.31 Å². The van der Waals surface area contributed by atoms with Crippen molar-refractivity contribution in [3.8, 4) is 0 Å². The molecule has 0 atom stereocenters. The Balaban J connectivity index is 2.46. The maximum Gasteiger partial charge on any atom is 0.501 e. The summed E-state index contributed by atoms with van der Waals surface area (Å²) in [6, 6.07) is 5.18. The Morgan fingerprint density at radius 1 is 1.16 bits per heavy atom. The standard InChI is InChI=1S/C13H18BNO4/c1-9-7-6-8-10(11(9)15(16)17)14-18-12(2,3)13(4,5)19-14/h6-8H,1-5H3. The lowest BCUT2D eigenvalue weighted by atomic mass is 9.77. The smallest absolute Gasteiger partial charge is 0.399 e. The quantitative estimate of drug-likeness (QED) is 0.466. The van der Waals surface area contributed by atoms with Crippen LogP contribution in [-0.2, 0) is 9.31 Å². The second kappa shape index (κ2) is 4.32. The molecule has 1 aromatic carbocycles. The van der Waals surface area contributed by atoms with Crippen LogP contribution >= 0.6 is 0 Å². The predicted molar refractivity (Wildman–Crippen MR) is 73.5 cm³/mol. The number of nitrogens with zero attached hydrogens (tertiary/aromatic N) is 1. The summed E-state index contributed by atoms with van der Waals surface area (Å²) in [4.78, 5) is 10.8. The SMILES string of the molecule is Cc1cccc(B2OC(C)(C)C(C)(C)O2)c1[N+](=O)[O-]. The zero-order valence-corrected chi connectivity index (χ0v) is 11.9. The lowest BCUT2D eigenvalue weighted by molar-refractivity contribution is -0.384. The van der Waals surface area contributed by atoms with Crippen LogP contribution in [0.3, 0.4) is 0 Å². The van der Waals surface area contributed by atoms with E-state index in [-0.39, 0.29) is 10.6 Å². The highest BCUT2D eigenvalue weighted by atomic mass is 16.7. The molecule has 2 rings (SSSR count). The van der Waals surface area contributed by atoms with E-state index < -0.39 is 18.3 Å². The molecule has 0 unspecified atom stereocenters. The molecular formula is C13H18BNO4. The van der Waals surface area contributed by atoms with Crippen LogP contribution in [0.2, 0.25) is 0 Å². The number of aryl methyl sites for hydroxylation is 1. The van der Waals surface area contributed by atoms with Gasteiger partial charge in [0.05, 0.1) is 21.6 Å². The van der Waals surface area contributed by atoms with Crippen molar-refractivity contribution in [3.63, 3.8) is 0 Å². The van der Waals surface area contributed by atoms with E-state index in [0.29, 0.717) is 11.0 Å². The zero-order valence-electron chi connectivity index (χ0n) is 11.9. The van der Waals surface area contributed by atoms with Crippen molar-refractivity contribution in [2.75, 3.05) is 0 Å². The summed E-state index contributed by atoms with van der Waals surface area (Å²) >= 11 is 0. The third kappa shape index (κ3) is 2.26. The molecule has 0 aliphatic carbocycles. The van der Waals surface area contributed by atoms with Crippen LogP contribution in [0.4, 0.5) is 5.69 Å². The van der Waals surface area contributed by atoms with Gasteiger partial charge in [0.2, 0.25) is 0 Å². The van der Waals surface area contributed by atoms with Gasteiger partial charge < -0.3 is 9.31 Å². The molecule has 0 bridgehead atoms. The molecule has 1 aliphatic heterocycles. The Morgan fingerprint density at radius 2 is 1.68 bits per heavy atom. The summed E-state index contributed by atoms with van der Waals surface area (Å²) in [5.41, 5.74) is 0.145. The first-order valence-corrected chi connectivity index (χ1v) is 6.25. The Kier molecular flexibility index (Phi) is 3.19. The van der Waals surface area contributed by atoms with Crippen molar-refractivity contribution in [2.24, 2.45) is 0 Å². The first kappa shape index (κ1) is 14.0. The zero-order chi connectivity index (χ0) is 14.4. The summed E-state index contributed by atoms with van der Waals surface area (Å²) in [6.45, 7) is 9.42. The van der Waals surface area contributed by atoms with E-state index in [9.17, 15) is 10.1 Å². The van der Waals surface area contributed by atoms with Crippen LogP contribution in [0.25, 0.3) is 0 Å². The third-order valence-corrected chi connectivity index (χ3v) is 3.96. The van der Waals surface area contributed by atoms with Crippen LogP contribution in [0.1, 0.15) is 33.3 Å². The molecular weight excluding hydrogens is 245 g/mol. The maximum absolute atomic E-state index is 11.2. The molecule has 102 valence electrons. The molecule has 0 N–H and O–H groups in total. The highest BCUT2D eigenvalue weighted by molar-refractivity contribution is 6.63. The van der Waals surface area contributed by atoms with Gasteiger partial charge in [0.25, 0.3) is 5.69 Å². The summed E-state index contributed by atoms with van der Waals surface area (Å²) in [5.74, 6) is 0. The topological polar surface area (TPSA) is 61.6 Å². The lowest BCUT2D eigenvalue weighted by Gasteiger charge is -2.32. The number of hydrogen-bond acceptors (Lipinski definition) is 4. The average molecular weight is 263 g/mol. The fraction of sp³-hybridized carbons (Fsp3) is 0.538. The van der Waals surface area contributed by atoms with Crippen molar-refractivity contribution < 1.29 is 14.2 Å². The van der Waals surface area contributed by atoms with Gasteiger partial charge in [-0.2, -0.15) is 0 Å². The van der Waals surface area contributed by atoms with Gasteiger partial charge in [-0.25, -0.2) is 0 Å². The van der Waals surface area contributed by atoms with E-state index in [2.05, 4.69) is 0 Å². The van der Waals surface area contributed by atoms with E-state index in [1.54, 1.807) is 25.1 Å². The Hall–Kier alpha value is -1.40. The fourth-order valence-corrected chi connectivity index (χ4v) is 2.09. The number of nitro groups is 1. The van der Waals surface area contributed by atoms with Crippen LogP contribution in [-0.4, -0.2) is 23.2 Å². The van der Waals surface area contributed by atoms with Gasteiger partial charge in [0, 0.05) is 5.56 Å². The summed E-state index contributed by atoms with van der Waals surface area (Å²) in [5, 5.41) is 11.2. The molecule has 0 aromatic heterocycles. The van der Waals surface area contributed by atoms with Gasteiger partial charge in [-0.15, -0.1) is 0 Å². The van der Waals surface area contributed by atoms with Crippen molar-refractivity contribution in [1.29, 1.82) is 0 Å². The van der Waals surface area contributed by atoms with Crippen LogP contribution in [0.15, 0.2) is 18.2 Å². The largest absolute Gasteiger partial charge is 0.501 e. The highest BCUT2D eigenvalue weighted by Crippen LogP contribution is 2.37. The Morgan fingerprint density at radius 3 is 2.16 bits per heavy atom. The molecule has 1 fully saturated rings. The normalized spacial score (nSPS) is 20.6. The highest BCUT2D eigenvalue weighted by Gasteiger charge is 2.53. The Bertz CT molecular complexity index is 511. The minimum atomic E-state index is -0.703. The molecule has 5 nitrogen and oxygen atoms in total. The average Bonchev–Trinajstić information content (AvgIpc) is 2.47.